The summed E-state index contributed by atoms with van der Waals surface area (Å²) in [7, 11) is 1.33. The standard InChI is InChI=1S/C14H15N3O2/c1-19-14(18)11(15)8-10-5-7-17-13(9-10)12-4-2-3-6-16-12/h2-7,9,11H,8,15H2,1H3. The largest absolute Gasteiger partial charge is 0.468 e. The van der Waals surface area contributed by atoms with Crippen LogP contribution in [0.25, 0.3) is 11.4 Å². The molecule has 0 bridgehead atoms. The molecule has 2 N–H and O–H groups in total. The highest BCUT2D eigenvalue weighted by Crippen LogP contribution is 2.15. The first kappa shape index (κ1) is 13.2. The van der Waals surface area contributed by atoms with E-state index in [9.17, 15) is 4.79 Å². The Hall–Kier alpha value is -2.27. The van der Waals surface area contributed by atoms with E-state index in [1.54, 1.807) is 12.4 Å². The second kappa shape index (κ2) is 6.06. The number of pyridine rings is 2. The van der Waals surface area contributed by atoms with Crippen molar-refractivity contribution in [2.75, 3.05) is 7.11 Å². The molecule has 5 heteroatoms. The Labute approximate surface area is 111 Å². The fourth-order valence-electron chi connectivity index (χ4n) is 1.74. The molecule has 0 aliphatic heterocycles. The number of methoxy groups -OCH3 is 1. The van der Waals surface area contributed by atoms with E-state index in [0.717, 1.165) is 17.0 Å². The van der Waals surface area contributed by atoms with Gasteiger partial charge in [-0.25, -0.2) is 0 Å². The van der Waals surface area contributed by atoms with Crippen LogP contribution in [0.4, 0.5) is 0 Å². The molecule has 98 valence electrons. The molecule has 0 amide bonds. The first-order chi connectivity index (χ1) is 9.20. The zero-order valence-corrected chi connectivity index (χ0v) is 10.6. The predicted octanol–water partition coefficient (Wildman–Crippen LogP) is 1.19. The van der Waals surface area contributed by atoms with E-state index in [1.807, 2.05) is 30.3 Å². The van der Waals surface area contributed by atoms with Crippen LogP contribution in [-0.4, -0.2) is 29.1 Å². The molecule has 2 aromatic rings. The third-order valence-corrected chi connectivity index (χ3v) is 2.71. The number of esters is 1. The number of rotatable bonds is 4. The maximum absolute atomic E-state index is 11.3. The molecule has 0 spiro atoms. The number of ether oxygens (including phenoxy) is 1. The van der Waals surface area contributed by atoms with Crippen molar-refractivity contribution in [1.82, 2.24) is 9.97 Å². The fourth-order valence-corrected chi connectivity index (χ4v) is 1.74. The molecule has 19 heavy (non-hydrogen) atoms. The smallest absolute Gasteiger partial charge is 0.322 e. The van der Waals surface area contributed by atoms with Gasteiger partial charge in [0.05, 0.1) is 18.5 Å². The van der Waals surface area contributed by atoms with E-state index in [1.165, 1.54) is 7.11 Å². The summed E-state index contributed by atoms with van der Waals surface area (Å²) in [6.07, 6.45) is 3.81. The topological polar surface area (TPSA) is 78.1 Å². The lowest BCUT2D eigenvalue weighted by Gasteiger charge is -2.09. The minimum Gasteiger partial charge on any atom is -0.468 e. The number of hydrogen-bond donors (Lipinski definition) is 1. The lowest BCUT2D eigenvalue weighted by molar-refractivity contribution is -0.142. The summed E-state index contributed by atoms with van der Waals surface area (Å²) in [5.41, 5.74) is 8.21. The lowest BCUT2D eigenvalue weighted by Crippen LogP contribution is -2.33. The van der Waals surface area contributed by atoms with Gasteiger partial charge in [-0.2, -0.15) is 0 Å². The molecule has 5 nitrogen and oxygen atoms in total. The zero-order valence-electron chi connectivity index (χ0n) is 10.6. The van der Waals surface area contributed by atoms with Crippen molar-refractivity contribution >= 4 is 5.97 Å². The summed E-state index contributed by atoms with van der Waals surface area (Å²) < 4.78 is 4.61. The van der Waals surface area contributed by atoms with Gasteiger partial charge in [-0.1, -0.05) is 6.07 Å². The molecule has 0 saturated heterocycles. The number of nitrogens with two attached hydrogens (primary N) is 1. The molecule has 2 heterocycles. The number of carbonyl (C=O) groups excluding carboxylic acids is 1. The van der Waals surface area contributed by atoms with Gasteiger partial charge in [0.25, 0.3) is 0 Å². The number of nitrogens with zero attached hydrogens (tertiary/aromatic N) is 2. The molecular formula is C14H15N3O2. The molecular weight excluding hydrogens is 242 g/mol. The van der Waals surface area contributed by atoms with Crippen molar-refractivity contribution in [2.45, 2.75) is 12.5 Å². The van der Waals surface area contributed by atoms with E-state index < -0.39 is 12.0 Å². The van der Waals surface area contributed by atoms with E-state index in [2.05, 4.69) is 14.7 Å². The Balaban J connectivity index is 2.18. The third-order valence-electron chi connectivity index (χ3n) is 2.71. The van der Waals surface area contributed by atoms with Crippen LogP contribution >= 0.6 is 0 Å². The Kier molecular flexibility index (Phi) is 4.20. The van der Waals surface area contributed by atoms with E-state index >= 15 is 0 Å². The SMILES string of the molecule is COC(=O)C(N)Cc1ccnc(-c2ccccn2)c1. The number of carbonyl (C=O) groups is 1. The normalized spacial score (nSPS) is 11.9. The van der Waals surface area contributed by atoms with Gasteiger partial charge in [0.2, 0.25) is 0 Å². The van der Waals surface area contributed by atoms with Gasteiger partial charge in [0, 0.05) is 12.4 Å². The van der Waals surface area contributed by atoms with Crippen molar-refractivity contribution in [1.29, 1.82) is 0 Å². The Morgan fingerprint density at radius 3 is 2.74 bits per heavy atom. The molecule has 0 saturated carbocycles. The van der Waals surface area contributed by atoms with Crippen LogP contribution in [0.1, 0.15) is 5.56 Å². The van der Waals surface area contributed by atoms with Crippen molar-refractivity contribution in [3.05, 3.63) is 48.3 Å². The van der Waals surface area contributed by atoms with Crippen LogP contribution in [0.2, 0.25) is 0 Å². The first-order valence-electron chi connectivity index (χ1n) is 5.90. The van der Waals surface area contributed by atoms with Gasteiger partial charge < -0.3 is 10.5 Å². The maximum Gasteiger partial charge on any atom is 0.322 e. The lowest BCUT2D eigenvalue weighted by atomic mass is 10.1. The van der Waals surface area contributed by atoms with E-state index in [-0.39, 0.29) is 0 Å². The molecule has 0 aliphatic rings. The fraction of sp³-hybridized carbons (Fsp3) is 0.214. The summed E-state index contributed by atoms with van der Waals surface area (Å²) in [5.74, 6) is -0.420. The van der Waals surface area contributed by atoms with E-state index in [0.29, 0.717) is 6.42 Å². The van der Waals surface area contributed by atoms with Gasteiger partial charge in [-0.3, -0.25) is 14.8 Å². The first-order valence-corrected chi connectivity index (χ1v) is 5.90. The van der Waals surface area contributed by atoms with Crippen LogP contribution in [0.5, 0.6) is 0 Å². The zero-order chi connectivity index (χ0) is 13.7. The van der Waals surface area contributed by atoms with Crippen molar-refractivity contribution < 1.29 is 9.53 Å². The minimum absolute atomic E-state index is 0.412. The van der Waals surface area contributed by atoms with Crippen molar-refractivity contribution in [2.24, 2.45) is 5.73 Å². The van der Waals surface area contributed by atoms with Crippen molar-refractivity contribution in [3.63, 3.8) is 0 Å². The number of hydrogen-bond acceptors (Lipinski definition) is 5. The molecule has 0 fully saturated rings. The van der Waals surface area contributed by atoms with Gasteiger partial charge in [-0.05, 0) is 36.2 Å². The monoisotopic (exact) mass is 257 g/mol. The summed E-state index contributed by atoms with van der Waals surface area (Å²) >= 11 is 0. The van der Waals surface area contributed by atoms with Crippen LogP contribution in [-0.2, 0) is 16.0 Å². The molecule has 1 unspecified atom stereocenters. The summed E-state index contributed by atoms with van der Waals surface area (Å²) in [6.45, 7) is 0. The number of aromatic nitrogens is 2. The highest BCUT2D eigenvalue weighted by Gasteiger charge is 2.14. The van der Waals surface area contributed by atoms with Gasteiger partial charge in [0.15, 0.2) is 0 Å². The Bertz CT molecular complexity index is 558. The molecule has 1 atom stereocenters. The van der Waals surface area contributed by atoms with Crippen LogP contribution in [0, 0.1) is 0 Å². The Morgan fingerprint density at radius 2 is 2.05 bits per heavy atom. The van der Waals surface area contributed by atoms with Crippen LogP contribution in [0.3, 0.4) is 0 Å². The molecule has 0 aliphatic carbocycles. The molecule has 0 radical (unpaired) electrons. The highest BCUT2D eigenvalue weighted by atomic mass is 16.5. The van der Waals surface area contributed by atoms with Gasteiger partial charge in [-0.15, -0.1) is 0 Å². The third kappa shape index (κ3) is 3.35. The van der Waals surface area contributed by atoms with Crippen molar-refractivity contribution in [3.8, 4) is 11.4 Å². The summed E-state index contributed by atoms with van der Waals surface area (Å²) in [5, 5.41) is 0. The minimum atomic E-state index is -0.663. The van der Waals surface area contributed by atoms with Gasteiger partial charge in [0.1, 0.15) is 6.04 Å². The molecule has 0 aromatic carbocycles. The summed E-state index contributed by atoms with van der Waals surface area (Å²) in [4.78, 5) is 19.8. The van der Waals surface area contributed by atoms with Crippen LogP contribution < -0.4 is 5.73 Å². The Morgan fingerprint density at radius 1 is 1.26 bits per heavy atom. The second-order valence-electron chi connectivity index (χ2n) is 4.10. The summed E-state index contributed by atoms with van der Waals surface area (Å²) in [6, 6.07) is 8.67. The predicted molar refractivity (Wildman–Crippen MR) is 71.2 cm³/mol. The maximum atomic E-state index is 11.3. The second-order valence-corrected chi connectivity index (χ2v) is 4.10. The average molecular weight is 257 g/mol. The van der Waals surface area contributed by atoms with Crippen LogP contribution in [0.15, 0.2) is 42.7 Å². The van der Waals surface area contributed by atoms with Gasteiger partial charge >= 0.3 is 5.97 Å². The quantitative estimate of drug-likeness (QED) is 0.832. The molecule has 2 rings (SSSR count). The highest BCUT2D eigenvalue weighted by molar-refractivity contribution is 5.75. The van der Waals surface area contributed by atoms with E-state index in [4.69, 9.17) is 5.73 Å². The average Bonchev–Trinajstić information content (AvgIpc) is 2.47. The molecule has 2 aromatic heterocycles.